The van der Waals surface area contributed by atoms with Crippen molar-refractivity contribution in [3.8, 4) is 0 Å². The molecule has 0 bridgehead atoms. The van der Waals surface area contributed by atoms with E-state index in [0.29, 0.717) is 23.1 Å². The third-order valence-corrected chi connectivity index (χ3v) is 5.06. The van der Waals surface area contributed by atoms with Crippen LogP contribution in [0, 0.1) is 17.6 Å². The number of piperidine rings is 1. The molecule has 1 heterocycles. The van der Waals surface area contributed by atoms with Crippen LogP contribution in [0.5, 0.6) is 0 Å². The molecule has 3 nitrogen and oxygen atoms in total. The van der Waals surface area contributed by atoms with Gasteiger partial charge in [-0.05, 0) is 49.2 Å². The molecule has 3 rings (SSSR count). The second-order valence-corrected chi connectivity index (χ2v) is 7.27. The lowest BCUT2D eigenvalue weighted by Gasteiger charge is -2.32. The molecule has 2 aromatic carbocycles. The lowest BCUT2D eigenvalue weighted by Crippen LogP contribution is -2.40. The summed E-state index contributed by atoms with van der Waals surface area (Å²) in [5, 5.41) is 3.85. The predicted octanol–water partition coefficient (Wildman–Crippen LogP) is 5.12. The van der Waals surface area contributed by atoms with Crippen molar-refractivity contribution in [3.05, 3.63) is 63.6 Å². The van der Waals surface area contributed by atoms with E-state index in [1.165, 1.54) is 6.07 Å². The molecule has 1 unspecified atom stereocenters. The van der Waals surface area contributed by atoms with E-state index in [2.05, 4.69) is 10.2 Å². The summed E-state index contributed by atoms with van der Waals surface area (Å²) in [5.74, 6) is -2.33. The van der Waals surface area contributed by atoms with Crippen molar-refractivity contribution >= 4 is 34.8 Å². The quantitative estimate of drug-likeness (QED) is 0.774. The van der Waals surface area contributed by atoms with E-state index < -0.39 is 11.6 Å². The molecule has 26 heavy (non-hydrogen) atoms. The van der Waals surface area contributed by atoms with Crippen LogP contribution >= 0.6 is 23.2 Å². The van der Waals surface area contributed by atoms with Gasteiger partial charge in [-0.15, -0.1) is 0 Å². The topological polar surface area (TPSA) is 32.3 Å². The lowest BCUT2D eigenvalue weighted by atomic mass is 9.96. The first-order valence-electron chi connectivity index (χ1n) is 8.34. The Morgan fingerprint density at radius 3 is 2.69 bits per heavy atom. The Balaban J connectivity index is 1.62. The average molecular weight is 399 g/mol. The van der Waals surface area contributed by atoms with Gasteiger partial charge in [0.05, 0.1) is 5.92 Å². The minimum Gasteiger partial charge on any atom is -0.326 e. The zero-order valence-electron chi connectivity index (χ0n) is 13.9. The maximum absolute atomic E-state index is 13.3. The van der Waals surface area contributed by atoms with Crippen LogP contribution in [0.2, 0.25) is 10.0 Å². The van der Waals surface area contributed by atoms with Crippen LogP contribution in [0.25, 0.3) is 0 Å². The molecule has 0 radical (unpaired) electrons. The molecule has 138 valence electrons. The number of anilines is 1. The molecular formula is C19H18Cl2F2N2O. The number of carbonyl (C=O) groups is 1. The fraction of sp³-hybridized carbons (Fsp3) is 0.316. The Kier molecular flexibility index (Phi) is 6.12. The standard InChI is InChI=1S/C19H18Cl2F2N2O/c20-14-4-3-12(16(21)8-14)10-25-7-1-2-13(11-25)19(26)24-15-5-6-17(22)18(23)9-15/h3-6,8-9,13H,1-2,7,10-11H2,(H,24,26). The Bertz CT molecular complexity index is 816. The number of hydrogen-bond donors (Lipinski definition) is 1. The third-order valence-electron chi connectivity index (χ3n) is 4.47. The molecular weight excluding hydrogens is 381 g/mol. The zero-order chi connectivity index (χ0) is 18.7. The normalized spacial score (nSPS) is 17.9. The molecule has 1 amide bonds. The number of amides is 1. The van der Waals surface area contributed by atoms with Crippen molar-refractivity contribution in [1.29, 1.82) is 0 Å². The van der Waals surface area contributed by atoms with Crippen molar-refractivity contribution in [1.82, 2.24) is 4.90 Å². The van der Waals surface area contributed by atoms with E-state index in [9.17, 15) is 13.6 Å². The van der Waals surface area contributed by atoms with Crippen LogP contribution in [0.4, 0.5) is 14.5 Å². The molecule has 1 fully saturated rings. The lowest BCUT2D eigenvalue weighted by molar-refractivity contribution is -0.121. The van der Waals surface area contributed by atoms with Crippen molar-refractivity contribution < 1.29 is 13.6 Å². The molecule has 7 heteroatoms. The van der Waals surface area contributed by atoms with Gasteiger partial charge in [-0.2, -0.15) is 0 Å². The molecule has 1 N–H and O–H groups in total. The molecule has 0 spiro atoms. The van der Waals surface area contributed by atoms with Crippen molar-refractivity contribution in [2.45, 2.75) is 19.4 Å². The summed E-state index contributed by atoms with van der Waals surface area (Å²) in [7, 11) is 0. The van der Waals surface area contributed by atoms with E-state index in [1.54, 1.807) is 12.1 Å². The van der Waals surface area contributed by atoms with E-state index in [4.69, 9.17) is 23.2 Å². The minimum absolute atomic E-state index is 0.192. The first-order chi connectivity index (χ1) is 12.4. The summed E-state index contributed by atoms with van der Waals surface area (Å²) in [5.41, 5.74) is 1.21. The fourth-order valence-electron chi connectivity index (χ4n) is 3.12. The molecule has 2 aromatic rings. The number of likely N-dealkylation sites (tertiary alicyclic amines) is 1. The summed E-state index contributed by atoms with van der Waals surface area (Å²) in [6.07, 6.45) is 1.63. The Morgan fingerprint density at radius 1 is 1.15 bits per heavy atom. The van der Waals surface area contributed by atoms with E-state index in [1.807, 2.05) is 6.07 Å². The molecule has 0 aliphatic carbocycles. The third kappa shape index (κ3) is 4.72. The zero-order valence-corrected chi connectivity index (χ0v) is 15.5. The Labute approximate surface area is 160 Å². The van der Waals surface area contributed by atoms with Gasteiger partial charge in [0.1, 0.15) is 0 Å². The number of nitrogens with one attached hydrogen (secondary N) is 1. The number of hydrogen-bond acceptors (Lipinski definition) is 2. The fourth-order valence-corrected chi connectivity index (χ4v) is 3.59. The smallest absolute Gasteiger partial charge is 0.228 e. The van der Waals surface area contributed by atoms with Crippen LogP contribution in [0.3, 0.4) is 0 Å². The van der Waals surface area contributed by atoms with Gasteiger partial charge in [-0.3, -0.25) is 9.69 Å². The molecule has 0 aromatic heterocycles. The molecule has 1 saturated heterocycles. The molecule has 1 atom stereocenters. The second kappa shape index (κ2) is 8.33. The first-order valence-corrected chi connectivity index (χ1v) is 9.10. The van der Waals surface area contributed by atoms with Gasteiger partial charge >= 0.3 is 0 Å². The minimum atomic E-state index is -0.981. The van der Waals surface area contributed by atoms with Gasteiger partial charge in [0.2, 0.25) is 5.91 Å². The highest BCUT2D eigenvalue weighted by Crippen LogP contribution is 2.25. The number of benzene rings is 2. The van der Waals surface area contributed by atoms with E-state index >= 15 is 0 Å². The summed E-state index contributed by atoms with van der Waals surface area (Å²) < 4.78 is 26.3. The number of rotatable bonds is 4. The SMILES string of the molecule is O=C(Nc1ccc(F)c(F)c1)C1CCCN(Cc2ccc(Cl)cc2Cl)C1. The van der Waals surface area contributed by atoms with Crippen LogP contribution < -0.4 is 5.32 Å². The van der Waals surface area contributed by atoms with Gasteiger partial charge in [-0.25, -0.2) is 8.78 Å². The largest absolute Gasteiger partial charge is 0.326 e. The summed E-state index contributed by atoms with van der Waals surface area (Å²) in [6, 6.07) is 8.72. The Morgan fingerprint density at radius 2 is 1.96 bits per heavy atom. The van der Waals surface area contributed by atoms with Gasteiger partial charge in [0.25, 0.3) is 0 Å². The van der Waals surface area contributed by atoms with Crippen LogP contribution in [0.1, 0.15) is 18.4 Å². The second-order valence-electron chi connectivity index (χ2n) is 6.43. The van der Waals surface area contributed by atoms with E-state index in [-0.39, 0.29) is 17.5 Å². The maximum atomic E-state index is 13.3. The first kappa shape index (κ1) is 19.1. The highest BCUT2D eigenvalue weighted by Gasteiger charge is 2.26. The summed E-state index contributed by atoms with van der Waals surface area (Å²) >= 11 is 12.1. The Hall–Kier alpha value is -1.69. The van der Waals surface area contributed by atoms with Gasteiger partial charge in [-0.1, -0.05) is 29.3 Å². The predicted molar refractivity (Wildman–Crippen MR) is 99.5 cm³/mol. The van der Waals surface area contributed by atoms with Gasteiger partial charge in [0, 0.05) is 34.9 Å². The average Bonchev–Trinajstić information content (AvgIpc) is 2.61. The number of nitrogens with zero attached hydrogens (tertiary/aromatic N) is 1. The summed E-state index contributed by atoms with van der Waals surface area (Å²) in [6.45, 7) is 2.08. The highest BCUT2D eigenvalue weighted by atomic mass is 35.5. The van der Waals surface area contributed by atoms with Crippen LogP contribution in [-0.4, -0.2) is 23.9 Å². The number of halogens is 4. The van der Waals surface area contributed by atoms with Crippen LogP contribution in [-0.2, 0) is 11.3 Å². The maximum Gasteiger partial charge on any atom is 0.228 e. The molecule has 0 saturated carbocycles. The van der Waals surface area contributed by atoms with Crippen LogP contribution in [0.15, 0.2) is 36.4 Å². The van der Waals surface area contributed by atoms with Gasteiger partial charge < -0.3 is 5.32 Å². The van der Waals surface area contributed by atoms with Gasteiger partial charge in [0.15, 0.2) is 11.6 Å². The molecule has 1 aliphatic heterocycles. The highest BCUT2D eigenvalue weighted by molar-refractivity contribution is 6.35. The van der Waals surface area contributed by atoms with E-state index in [0.717, 1.165) is 37.1 Å². The van der Waals surface area contributed by atoms with Crippen molar-refractivity contribution in [2.24, 2.45) is 5.92 Å². The molecule has 1 aliphatic rings. The number of carbonyl (C=O) groups excluding carboxylic acids is 1. The summed E-state index contributed by atoms with van der Waals surface area (Å²) in [4.78, 5) is 14.6. The van der Waals surface area contributed by atoms with Crippen molar-refractivity contribution in [2.75, 3.05) is 18.4 Å². The van der Waals surface area contributed by atoms with Crippen molar-refractivity contribution in [3.63, 3.8) is 0 Å². The monoisotopic (exact) mass is 398 g/mol.